The smallest absolute Gasteiger partial charge is 0.00178 e. The van der Waals surface area contributed by atoms with Crippen LogP contribution in [-0.4, -0.2) is 13.1 Å². The SMILES string of the molecule is C=CCC1CC(CCC)CCC1CNCCC. The Morgan fingerprint density at radius 2 is 2.00 bits per heavy atom. The van der Waals surface area contributed by atoms with Crippen molar-refractivity contribution in [2.24, 2.45) is 17.8 Å². The molecular weight excluding hydrogens is 206 g/mol. The Bertz CT molecular complexity index is 200. The average Bonchev–Trinajstić information content (AvgIpc) is 2.33. The molecule has 0 aliphatic heterocycles. The Balaban J connectivity index is 2.38. The van der Waals surface area contributed by atoms with Gasteiger partial charge in [-0.05, 0) is 56.5 Å². The van der Waals surface area contributed by atoms with E-state index in [9.17, 15) is 0 Å². The predicted octanol–water partition coefficient (Wildman–Crippen LogP) is 4.39. The highest BCUT2D eigenvalue weighted by atomic mass is 14.9. The van der Waals surface area contributed by atoms with Gasteiger partial charge < -0.3 is 5.32 Å². The Labute approximate surface area is 108 Å². The molecule has 0 spiro atoms. The number of allylic oxidation sites excluding steroid dienone is 1. The van der Waals surface area contributed by atoms with Gasteiger partial charge in [0.2, 0.25) is 0 Å². The third kappa shape index (κ3) is 5.25. The molecule has 1 aliphatic carbocycles. The highest BCUT2D eigenvalue weighted by molar-refractivity contribution is 4.85. The van der Waals surface area contributed by atoms with Crippen molar-refractivity contribution >= 4 is 0 Å². The van der Waals surface area contributed by atoms with Gasteiger partial charge in [-0.2, -0.15) is 0 Å². The van der Waals surface area contributed by atoms with E-state index in [1.165, 1.54) is 58.0 Å². The lowest BCUT2D eigenvalue weighted by molar-refractivity contribution is 0.170. The molecule has 1 fully saturated rings. The molecule has 1 heteroatoms. The van der Waals surface area contributed by atoms with Crippen LogP contribution in [0.25, 0.3) is 0 Å². The van der Waals surface area contributed by atoms with Gasteiger partial charge in [-0.3, -0.25) is 0 Å². The maximum atomic E-state index is 3.94. The van der Waals surface area contributed by atoms with Crippen molar-refractivity contribution in [3.05, 3.63) is 12.7 Å². The highest BCUT2D eigenvalue weighted by Gasteiger charge is 2.28. The molecule has 0 bridgehead atoms. The molecule has 17 heavy (non-hydrogen) atoms. The van der Waals surface area contributed by atoms with Gasteiger partial charge in [0.25, 0.3) is 0 Å². The van der Waals surface area contributed by atoms with E-state index in [0.717, 1.165) is 17.8 Å². The molecular formula is C16H31N. The van der Waals surface area contributed by atoms with Crippen molar-refractivity contribution in [2.75, 3.05) is 13.1 Å². The molecule has 1 saturated carbocycles. The maximum absolute atomic E-state index is 3.94. The van der Waals surface area contributed by atoms with E-state index < -0.39 is 0 Å². The summed E-state index contributed by atoms with van der Waals surface area (Å²) in [6, 6.07) is 0. The molecule has 0 aromatic rings. The molecule has 0 heterocycles. The zero-order chi connectivity index (χ0) is 12.5. The Morgan fingerprint density at radius 3 is 2.65 bits per heavy atom. The zero-order valence-corrected chi connectivity index (χ0v) is 11.9. The summed E-state index contributed by atoms with van der Waals surface area (Å²) in [5.41, 5.74) is 0. The van der Waals surface area contributed by atoms with E-state index in [2.05, 4.69) is 31.8 Å². The van der Waals surface area contributed by atoms with Crippen LogP contribution in [0.4, 0.5) is 0 Å². The minimum absolute atomic E-state index is 0.891. The standard InChI is InChI=1S/C16H31N/c1-4-7-14-9-10-16(13-17-11-6-3)15(12-14)8-5-2/h5,14-17H,2,4,6-13H2,1,3H3. The summed E-state index contributed by atoms with van der Waals surface area (Å²) in [6.45, 7) is 10.9. The summed E-state index contributed by atoms with van der Waals surface area (Å²) in [5.74, 6) is 2.78. The Kier molecular flexibility index (Phi) is 7.59. The Hall–Kier alpha value is -0.300. The third-order valence-electron chi connectivity index (χ3n) is 4.25. The van der Waals surface area contributed by atoms with Crippen molar-refractivity contribution in [1.29, 1.82) is 0 Å². The molecule has 0 aromatic heterocycles. The fourth-order valence-corrected chi connectivity index (χ4v) is 3.33. The monoisotopic (exact) mass is 237 g/mol. The predicted molar refractivity (Wildman–Crippen MR) is 77.2 cm³/mol. The molecule has 100 valence electrons. The molecule has 1 aliphatic rings. The van der Waals surface area contributed by atoms with E-state index in [-0.39, 0.29) is 0 Å². The maximum Gasteiger partial charge on any atom is -0.00178 e. The molecule has 0 aromatic carbocycles. The fraction of sp³-hybridized carbons (Fsp3) is 0.875. The molecule has 0 saturated heterocycles. The van der Waals surface area contributed by atoms with Crippen LogP contribution in [0.3, 0.4) is 0 Å². The lowest BCUT2D eigenvalue weighted by Gasteiger charge is -2.36. The number of hydrogen-bond acceptors (Lipinski definition) is 1. The van der Waals surface area contributed by atoms with Gasteiger partial charge in [-0.1, -0.05) is 39.2 Å². The van der Waals surface area contributed by atoms with E-state index in [0.29, 0.717) is 0 Å². The zero-order valence-electron chi connectivity index (χ0n) is 11.9. The van der Waals surface area contributed by atoms with Gasteiger partial charge in [-0.15, -0.1) is 6.58 Å². The Morgan fingerprint density at radius 1 is 1.18 bits per heavy atom. The molecule has 3 atom stereocenters. The molecule has 1 rings (SSSR count). The molecule has 3 unspecified atom stereocenters. The van der Waals surface area contributed by atoms with Crippen LogP contribution < -0.4 is 5.32 Å². The average molecular weight is 237 g/mol. The molecule has 1 nitrogen and oxygen atoms in total. The number of rotatable bonds is 8. The van der Waals surface area contributed by atoms with Crippen LogP contribution in [0.5, 0.6) is 0 Å². The van der Waals surface area contributed by atoms with Crippen molar-refractivity contribution in [3.63, 3.8) is 0 Å². The van der Waals surface area contributed by atoms with Gasteiger partial charge in [0.05, 0.1) is 0 Å². The van der Waals surface area contributed by atoms with E-state index in [1.807, 2.05) is 0 Å². The van der Waals surface area contributed by atoms with Gasteiger partial charge in [-0.25, -0.2) is 0 Å². The first-order valence-electron chi connectivity index (χ1n) is 7.63. The summed E-state index contributed by atoms with van der Waals surface area (Å²) < 4.78 is 0. The summed E-state index contributed by atoms with van der Waals surface area (Å²) >= 11 is 0. The topological polar surface area (TPSA) is 12.0 Å². The first-order chi connectivity index (χ1) is 8.31. The van der Waals surface area contributed by atoms with Gasteiger partial charge in [0.15, 0.2) is 0 Å². The van der Waals surface area contributed by atoms with E-state index in [1.54, 1.807) is 0 Å². The lowest BCUT2D eigenvalue weighted by Crippen LogP contribution is -2.33. The van der Waals surface area contributed by atoms with Gasteiger partial charge >= 0.3 is 0 Å². The van der Waals surface area contributed by atoms with Crippen LogP contribution in [0, 0.1) is 17.8 Å². The first-order valence-corrected chi connectivity index (χ1v) is 7.63. The summed E-state index contributed by atoms with van der Waals surface area (Å²) in [6.07, 6.45) is 11.7. The minimum atomic E-state index is 0.891. The van der Waals surface area contributed by atoms with Crippen LogP contribution in [-0.2, 0) is 0 Å². The lowest BCUT2D eigenvalue weighted by atomic mass is 9.71. The molecule has 0 amide bonds. The second-order valence-corrected chi connectivity index (χ2v) is 5.72. The highest BCUT2D eigenvalue weighted by Crippen LogP contribution is 2.37. The number of nitrogens with one attached hydrogen (secondary N) is 1. The van der Waals surface area contributed by atoms with Crippen molar-refractivity contribution < 1.29 is 0 Å². The van der Waals surface area contributed by atoms with Gasteiger partial charge in [0.1, 0.15) is 0 Å². The van der Waals surface area contributed by atoms with Crippen LogP contribution >= 0.6 is 0 Å². The quantitative estimate of drug-likeness (QED) is 0.487. The minimum Gasteiger partial charge on any atom is -0.316 e. The summed E-state index contributed by atoms with van der Waals surface area (Å²) in [7, 11) is 0. The summed E-state index contributed by atoms with van der Waals surface area (Å²) in [5, 5.41) is 3.61. The third-order valence-corrected chi connectivity index (χ3v) is 4.25. The normalized spacial score (nSPS) is 29.2. The van der Waals surface area contributed by atoms with Crippen molar-refractivity contribution in [2.45, 2.75) is 58.8 Å². The van der Waals surface area contributed by atoms with Crippen molar-refractivity contribution in [1.82, 2.24) is 5.32 Å². The van der Waals surface area contributed by atoms with Crippen LogP contribution in [0.15, 0.2) is 12.7 Å². The fourth-order valence-electron chi connectivity index (χ4n) is 3.33. The summed E-state index contributed by atoms with van der Waals surface area (Å²) in [4.78, 5) is 0. The largest absolute Gasteiger partial charge is 0.316 e. The van der Waals surface area contributed by atoms with Crippen molar-refractivity contribution in [3.8, 4) is 0 Å². The molecule has 0 radical (unpaired) electrons. The first kappa shape index (κ1) is 14.8. The van der Waals surface area contributed by atoms with E-state index in [4.69, 9.17) is 0 Å². The number of hydrogen-bond donors (Lipinski definition) is 1. The molecule has 1 N–H and O–H groups in total. The van der Waals surface area contributed by atoms with Crippen LogP contribution in [0.2, 0.25) is 0 Å². The van der Waals surface area contributed by atoms with Gasteiger partial charge in [0, 0.05) is 0 Å². The second-order valence-electron chi connectivity index (χ2n) is 5.72. The van der Waals surface area contributed by atoms with Crippen LogP contribution in [0.1, 0.15) is 58.8 Å². The van der Waals surface area contributed by atoms with E-state index >= 15 is 0 Å². The second kappa shape index (κ2) is 8.74.